The summed E-state index contributed by atoms with van der Waals surface area (Å²) in [5, 5.41) is 8.75. The highest BCUT2D eigenvalue weighted by Gasteiger charge is 2.10. The highest BCUT2D eigenvalue weighted by atomic mass is 19.1. The molecule has 0 radical (unpaired) electrons. The number of rotatable bonds is 4. The van der Waals surface area contributed by atoms with Gasteiger partial charge in [0.25, 0.3) is 0 Å². The van der Waals surface area contributed by atoms with Gasteiger partial charge in [-0.3, -0.25) is 0 Å². The van der Waals surface area contributed by atoms with Crippen molar-refractivity contribution >= 4 is 5.97 Å². The summed E-state index contributed by atoms with van der Waals surface area (Å²) < 4.78 is 19.1. The Balaban J connectivity index is 2.09. The molecule has 20 heavy (non-hydrogen) atoms. The maximum absolute atomic E-state index is 13.5. The summed E-state index contributed by atoms with van der Waals surface area (Å²) in [6.45, 7) is 4.20. The van der Waals surface area contributed by atoms with Crippen LogP contribution in [0.2, 0.25) is 0 Å². The Morgan fingerprint density at radius 1 is 1.15 bits per heavy atom. The minimum absolute atomic E-state index is 0.194. The number of benzene rings is 2. The topological polar surface area (TPSA) is 46.5 Å². The lowest BCUT2D eigenvalue weighted by atomic mass is 10.1. The molecule has 0 bridgehead atoms. The van der Waals surface area contributed by atoms with E-state index in [0.717, 1.165) is 5.56 Å². The second-order valence-corrected chi connectivity index (χ2v) is 4.65. The van der Waals surface area contributed by atoms with Gasteiger partial charge in [-0.2, -0.15) is 0 Å². The van der Waals surface area contributed by atoms with E-state index in [-0.39, 0.29) is 12.2 Å². The van der Waals surface area contributed by atoms with Gasteiger partial charge < -0.3 is 9.84 Å². The Bertz CT molecular complexity index is 650. The lowest BCUT2D eigenvalue weighted by Crippen LogP contribution is -2.03. The molecule has 0 unspecified atom stereocenters. The third-order valence-electron chi connectivity index (χ3n) is 3.15. The van der Waals surface area contributed by atoms with Gasteiger partial charge in [-0.1, -0.05) is 12.1 Å². The zero-order valence-electron chi connectivity index (χ0n) is 11.3. The highest BCUT2D eigenvalue weighted by molar-refractivity contribution is 5.87. The van der Waals surface area contributed by atoms with Gasteiger partial charge in [0.15, 0.2) is 0 Å². The number of hydrogen-bond donors (Lipinski definition) is 1. The van der Waals surface area contributed by atoms with E-state index < -0.39 is 11.8 Å². The van der Waals surface area contributed by atoms with Crippen molar-refractivity contribution in [2.24, 2.45) is 0 Å². The maximum atomic E-state index is 13.5. The van der Waals surface area contributed by atoms with Crippen LogP contribution in [0.1, 0.15) is 27.0 Å². The van der Waals surface area contributed by atoms with Crippen LogP contribution in [-0.4, -0.2) is 11.1 Å². The van der Waals surface area contributed by atoms with Crippen LogP contribution in [0.3, 0.4) is 0 Å². The van der Waals surface area contributed by atoms with Crippen molar-refractivity contribution in [1.29, 1.82) is 0 Å². The quantitative estimate of drug-likeness (QED) is 0.924. The molecule has 0 atom stereocenters. The van der Waals surface area contributed by atoms with Crippen LogP contribution in [0.15, 0.2) is 36.4 Å². The molecule has 0 aliphatic rings. The van der Waals surface area contributed by atoms with Gasteiger partial charge in [0.1, 0.15) is 18.2 Å². The number of carbonyl (C=O) groups is 1. The fourth-order valence-corrected chi connectivity index (χ4v) is 1.79. The summed E-state index contributed by atoms with van der Waals surface area (Å²) in [6, 6.07) is 9.70. The summed E-state index contributed by atoms with van der Waals surface area (Å²) in [4.78, 5) is 10.7. The van der Waals surface area contributed by atoms with Crippen molar-refractivity contribution in [3.8, 4) is 5.75 Å². The average molecular weight is 274 g/mol. The third-order valence-corrected chi connectivity index (χ3v) is 3.15. The first-order valence-electron chi connectivity index (χ1n) is 6.19. The lowest BCUT2D eigenvalue weighted by molar-refractivity contribution is 0.0692. The number of halogens is 1. The maximum Gasteiger partial charge on any atom is 0.338 e. The van der Waals surface area contributed by atoms with E-state index in [1.807, 2.05) is 32.0 Å². The lowest BCUT2D eigenvalue weighted by Gasteiger charge is -2.09. The molecule has 0 aliphatic carbocycles. The monoisotopic (exact) mass is 274 g/mol. The highest BCUT2D eigenvalue weighted by Crippen LogP contribution is 2.18. The predicted octanol–water partition coefficient (Wildman–Crippen LogP) is 3.72. The van der Waals surface area contributed by atoms with Gasteiger partial charge in [-0.05, 0) is 54.8 Å². The summed E-state index contributed by atoms with van der Waals surface area (Å²) in [7, 11) is 0. The summed E-state index contributed by atoms with van der Waals surface area (Å²) in [5.74, 6) is -1.32. The van der Waals surface area contributed by atoms with E-state index in [4.69, 9.17) is 9.84 Å². The minimum Gasteiger partial charge on any atom is -0.489 e. The zero-order chi connectivity index (χ0) is 14.7. The summed E-state index contributed by atoms with van der Waals surface area (Å²) in [6.07, 6.45) is 0. The SMILES string of the molecule is Cc1ccc(OCc2ccc(C(=O)O)c(F)c2)cc1C. The number of aryl methyl sites for hydroxylation is 2. The van der Waals surface area contributed by atoms with Gasteiger partial charge in [-0.15, -0.1) is 0 Å². The van der Waals surface area contributed by atoms with Crippen LogP contribution in [0.5, 0.6) is 5.75 Å². The second-order valence-electron chi connectivity index (χ2n) is 4.65. The molecule has 4 heteroatoms. The number of aromatic carboxylic acids is 1. The molecule has 2 aromatic rings. The van der Waals surface area contributed by atoms with Crippen LogP contribution in [0, 0.1) is 19.7 Å². The molecule has 3 nitrogen and oxygen atoms in total. The van der Waals surface area contributed by atoms with E-state index in [9.17, 15) is 9.18 Å². The molecule has 0 aliphatic heterocycles. The summed E-state index contributed by atoms with van der Waals surface area (Å²) >= 11 is 0. The molecule has 0 saturated carbocycles. The van der Waals surface area contributed by atoms with Crippen molar-refractivity contribution in [3.05, 3.63) is 64.5 Å². The van der Waals surface area contributed by atoms with Crippen LogP contribution >= 0.6 is 0 Å². The van der Waals surface area contributed by atoms with Crippen molar-refractivity contribution in [1.82, 2.24) is 0 Å². The Hall–Kier alpha value is -2.36. The molecule has 0 aromatic heterocycles. The first-order chi connectivity index (χ1) is 9.47. The Morgan fingerprint density at radius 3 is 2.50 bits per heavy atom. The smallest absolute Gasteiger partial charge is 0.338 e. The molecule has 2 rings (SSSR count). The Morgan fingerprint density at radius 2 is 1.90 bits per heavy atom. The Kier molecular flexibility index (Phi) is 4.03. The fourth-order valence-electron chi connectivity index (χ4n) is 1.79. The molecule has 2 aromatic carbocycles. The first kappa shape index (κ1) is 14.1. The second kappa shape index (κ2) is 5.74. The molecule has 1 N–H and O–H groups in total. The van der Waals surface area contributed by atoms with E-state index in [0.29, 0.717) is 11.3 Å². The largest absolute Gasteiger partial charge is 0.489 e. The van der Waals surface area contributed by atoms with Gasteiger partial charge in [0.05, 0.1) is 5.56 Å². The van der Waals surface area contributed by atoms with Crippen molar-refractivity contribution in [2.45, 2.75) is 20.5 Å². The van der Waals surface area contributed by atoms with Crippen LogP contribution < -0.4 is 4.74 Å². The van der Waals surface area contributed by atoms with Crippen molar-refractivity contribution in [2.75, 3.05) is 0 Å². The molecular weight excluding hydrogens is 259 g/mol. The number of ether oxygens (including phenoxy) is 1. The number of carboxylic acids is 1. The zero-order valence-corrected chi connectivity index (χ0v) is 11.3. The molecule has 0 heterocycles. The van der Waals surface area contributed by atoms with Gasteiger partial charge >= 0.3 is 5.97 Å². The number of carboxylic acid groups (broad SMARTS) is 1. The third kappa shape index (κ3) is 3.15. The Labute approximate surface area is 116 Å². The van der Waals surface area contributed by atoms with Gasteiger partial charge in [-0.25, -0.2) is 9.18 Å². The van der Waals surface area contributed by atoms with Crippen LogP contribution in [0.25, 0.3) is 0 Å². The predicted molar refractivity (Wildman–Crippen MR) is 73.6 cm³/mol. The van der Waals surface area contributed by atoms with Crippen LogP contribution in [-0.2, 0) is 6.61 Å². The summed E-state index contributed by atoms with van der Waals surface area (Å²) in [5.41, 5.74) is 2.55. The van der Waals surface area contributed by atoms with E-state index in [1.54, 1.807) is 6.07 Å². The molecule has 104 valence electrons. The fraction of sp³-hybridized carbons (Fsp3) is 0.188. The normalized spacial score (nSPS) is 10.3. The van der Waals surface area contributed by atoms with Gasteiger partial charge in [0, 0.05) is 0 Å². The van der Waals surface area contributed by atoms with E-state index in [2.05, 4.69) is 0 Å². The van der Waals surface area contributed by atoms with E-state index in [1.165, 1.54) is 17.7 Å². The molecule has 0 amide bonds. The van der Waals surface area contributed by atoms with Crippen molar-refractivity contribution in [3.63, 3.8) is 0 Å². The van der Waals surface area contributed by atoms with E-state index >= 15 is 0 Å². The first-order valence-corrected chi connectivity index (χ1v) is 6.19. The minimum atomic E-state index is -1.27. The number of hydrogen-bond acceptors (Lipinski definition) is 2. The average Bonchev–Trinajstić information content (AvgIpc) is 2.40. The molecule has 0 saturated heterocycles. The van der Waals surface area contributed by atoms with Crippen LogP contribution in [0.4, 0.5) is 4.39 Å². The van der Waals surface area contributed by atoms with Crippen molar-refractivity contribution < 1.29 is 19.0 Å². The standard InChI is InChI=1S/C16H15FO3/c1-10-3-5-13(7-11(10)2)20-9-12-4-6-14(16(18)19)15(17)8-12/h3-8H,9H2,1-2H3,(H,18,19). The van der Waals surface area contributed by atoms with Gasteiger partial charge in [0.2, 0.25) is 0 Å². The molecule has 0 spiro atoms. The molecule has 0 fully saturated rings. The molecular formula is C16H15FO3.